The van der Waals surface area contributed by atoms with Crippen LogP contribution in [-0.2, 0) is 17.9 Å². The molecule has 1 unspecified atom stereocenters. The molecule has 0 heterocycles. The van der Waals surface area contributed by atoms with Gasteiger partial charge in [-0.3, -0.25) is 0 Å². The second-order valence-electron chi connectivity index (χ2n) is 5.01. The SMILES string of the molecule is COCc1ccccc1CNC(C)c1cc(F)cc(F)c1. The summed E-state index contributed by atoms with van der Waals surface area (Å²) in [5.41, 5.74) is 2.81. The van der Waals surface area contributed by atoms with Crippen molar-refractivity contribution < 1.29 is 13.5 Å². The first-order valence-corrected chi connectivity index (χ1v) is 6.85. The topological polar surface area (TPSA) is 21.3 Å². The van der Waals surface area contributed by atoms with E-state index in [-0.39, 0.29) is 6.04 Å². The number of nitrogens with one attached hydrogen (secondary N) is 1. The molecule has 4 heteroatoms. The van der Waals surface area contributed by atoms with Crippen LogP contribution in [0.1, 0.15) is 29.7 Å². The molecule has 0 saturated heterocycles. The lowest BCUT2D eigenvalue weighted by molar-refractivity contribution is 0.184. The molecule has 0 saturated carbocycles. The quantitative estimate of drug-likeness (QED) is 0.869. The Kier molecular flexibility index (Phi) is 5.42. The van der Waals surface area contributed by atoms with Crippen LogP contribution in [-0.4, -0.2) is 7.11 Å². The van der Waals surface area contributed by atoms with E-state index in [1.165, 1.54) is 12.1 Å². The van der Waals surface area contributed by atoms with Gasteiger partial charge in [0.25, 0.3) is 0 Å². The van der Waals surface area contributed by atoms with E-state index in [1.54, 1.807) is 7.11 Å². The molecule has 2 aromatic carbocycles. The number of halogens is 2. The van der Waals surface area contributed by atoms with Crippen LogP contribution in [0.5, 0.6) is 0 Å². The third-order valence-electron chi connectivity index (χ3n) is 3.40. The molecule has 2 aromatic rings. The number of rotatable bonds is 6. The fourth-order valence-corrected chi connectivity index (χ4v) is 2.23. The monoisotopic (exact) mass is 291 g/mol. The molecule has 0 spiro atoms. The molecule has 0 fully saturated rings. The molecule has 0 aliphatic carbocycles. The van der Waals surface area contributed by atoms with E-state index in [0.717, 1.165) is 17.2 Å². The lowest BCUT2D eigenvalue weighted by Gasteiger charge is -2.16. The van der Waals surface area contributed by atoms with Crippen LogP contribution in [0.4, 0.5) is 8.78 Å². The summed E-state index contributed by atoms with van der Waals surface area (Å²) in [5, 5.41) is 3.28. The van der Waals surface area contributed by atoms with E-state index in [2.05, 4.69) is 5.32 Å². The van der Waals surface area contributed by atoms with Gasteiger partial charge in [-0.25, -0.2) is 8.78 Å². The van der Waals surface area contributed by atoms with Crippen molar-refractivity contribution in [2.45, 2.75) is 26.1 Å². The Hall–Kier alpha value is -1.78. The van der Waals surface area contributed by atoms with Gasteiger partial charge in [0.2, 0.25) is 0 Å². The van der Waals surface area contributed by atoms with Crippen LogP contribution in [0.3, 0.4) is 0 Å². The van der Waals surface area contributed by atoms with Crippen molar-refractivity contribution in [3.8, 4) is 0 Å². The molecule has 0 aromatic heterocycles. The van der Waals surface area contributed by atoms with Crippen molar-refractivity contribution in [1.82, 2.24) is 5.32 Å². The molecule has 0 radical (unpaired) electrons. The van der Waals surface area contributed by atoms with Crippen molar-refractivity contribution in [2.75, 3.05) is 7.11 Å². The Labute approximate surface area is 123 Å². The summed E-state index contributed by atoms with van der Waals surface area (Å²) in [6.45, 7) is 3.03. The minimum atomic E-state index is -0.557. The second kappa shape index (κ2) is 7.29. The standard InChI is InChI=1S/C17H19F2NO/c1-12(15-7-16(18)9-17(19)8-15)20-10-13-5-3-4-6-14(13)11-21-2/h3-9,12,20H,10-11H2,1-2H3. The van der Waals surface area contributed by atoms with Gasteiger partial charge >= 0.3 is 0 Å². The molecular formula is C17H19F2NO. The van der Waals surface area contributed by atoms with Crippen LogP contribution in [0.25, 0.3) is 0 Å². The highest BCUT2D eigenvalue weighted by molar-refractivity contribution is 5.27. The Morgan fingerprint density at radius 3 is 2.29 bits per heavy atom. The summed E-state index contributed by atoms with van der Waals surface area (Å²) in [5.74, 6) is -1.11. The van der Waals surface area contributed by atoms with Gasteiger partial charge in [-0.2, -0.15) is 0 Å². The molecule has 112 valence electrons. The van der Waals surface area contributed by atoms with Crippen LogP contribution >= 0.6 is 0 Å². The summed E-state index contributed by atoms with van der Waals surface area (Å²) < 4.78 is 31.6. The predicted molar refractivity (Wildman–Crippen MR) is 78.8 cm³/mol. The summed E-state index contributed by atoms with van der Waals surface area (Å²) >= 11 is 0. The van der Waals surface area contributed by atoms with Crippen molar-refractivity contribution >= 4 is 0 Å². The number of hydrogen-bond donors (Lipinski definition) is 1. The van der Waals surface area contributed by atoms with Gasteiger partial charge in [0.15, 0.2) is 0 Å². The van der Waals surface area contributed by atoms with Gasteiger partial charge in [0.1, 0.15) is 11.6 Å². The molecule has 1 atom stereocenters. The van der Waals surface area contributed by atoms with Crippen LogP contribution < -0.4 is 5.32 Å². The van der Waals surface area contributed by atoms with E-state index < -0.39 is 11.6 Å². The lowest BCUT2D eigenvalue weighted by Crippen LogP contribution is -2.19. The molecule has 0 bridgehead atoms. The summed E-state index contributed by atoms with van der Waals surface area (Å²) in [7, 11) is 1.66. The van der Waals surface area contributed by atoms with Crippen LogP contribution in [0.2, 0.25) is 0 Å². The molecule has 0 aliphatic heterocycles. The molecular weight excluding hydrogens is 272 g/mol. The highest BCUT2D eigenvalue weighted by atomic mass is 19.1. The Morgan fingerprint density at radius 2 is 1.67 bits per heavy atom. The van der Waals surface area contributed by atoms with Crippen molar-refractivity contribution in [2.24, 2.45) is 0 Å². The first kappa shape index (κ1) is 15.6. The third kappa shape index (κ3) is 4.34. The molecule has 0 amide bonds. The Morgan fingerprint density at radius 1 is 1.05 bits per heavy atom. The molecule has 2 rings (SSSR count). The van der Waals surface area contributed by atoms with Gasteiger partial charge in [-0.15, -0.1) is 0 Å². The number of ether oxygens (including phenoxy) is 1. The van der Waals surface area contributed by atoms with Gasteiger partial charge in [-0.05, 0) is 35.7 Å². The molecule has 2 nitrogen and oxygen atoms in total. The maximum absolute atomic E-state index is 13.2. The average molecular weight is 291 g/mol. The van der Waals surface area contributed by atoms with Crippen LogP contribution in [0.15, 0.2) is 42.5 Å². The van der Waals surface area contributed by atoms with E-state index in [1.807, 2.05) is 31.2 Å². The zero-order valence-electron chi connectivity index (χ0n) is 12.2. The Balaban J connectivity index is 2.05. The maximum atomic E-state index is 13.2. The van der Waals surface area contributed by atoms with E-state index in [0.29, 0.717) is 18.7 Å². The smallest absolute Gasteiger partial charge is 0.126 e. The van der Waals surface area contributed by atoms with Crippen molar-refractivity contribution in [3.05, 3.63) is 70.8 Å². The fraction of sp³-hybridized carbons (Fsp3) is 0.294. The minimum Gasteiger partial charge on any atom is -0.380 e. The van der Waals surface area contributed by atoms with E-state index in [9.17, 15) is 8.78 Å². The lowest BCUT2D eigenvalue weighted by atomic mass is 10.1. The normalized spacial score (nSPS) is 12.4. The highest BCUT2D eigenvalue weighted by Gasteiger charge is 2.09. The maximum Gasteiger partial charge on any atom is 0.126 e. The van der Waals surface area contributed by atoms with Gasteiger partial charge < -0.3 is 10.1 Å². The Bertz CT molecular complexity index is 581. The van der Waals surface area contributed by atoms with Crippen molar-refractivity contribution in [1.29, 1.82) is 0 Å². The number of methoxy groups -OCH3 is 1. The number of hydrogen-bond acceptors (Lipinski definition) is 2. The van der Waals surface area contributed by atoms with Gasteiger partial charge in [0, 0.05) is 25.8 Å². The first-order valence-electron chi connectivity index (χ1n) is 6.85. The van der Waals surface area contributed by atoms with Gasteiger partial charge in [-0.1, -0.05) is 24.3 Å². The predicted octanol–water partition coefficient (Wildman–Crippen LogP) is 3.96. The van der Waals surface area contributed by atoms with E-state index in [4.69, 9.17) is 4.74 Å². The molecule has 21 heavy (non-hydrogen) atoms. The molecule has 0 aliphatic rings. The second-order valence-corrected chi connectivity index (χ2v) is 5.01. The zero-order chi connectivity index (χ0) is 15.2. The molecule has 1 N–H and O–H groups in total. The summed E-state index contributed by atoms with van der Waals surface area (Å²) in [6.07, 6.45) is 0. The summed E-state index contributed by atoms with van der Waals surface area (Å²) in [6, 6.07) is 11.4. The summed E-state index contributed by atoms with van der Waals surface area (Å²) in [4.78, 5) is 0. The zero-order valence-corrected chi connectivity index (χ0v) is 12.2. The number of benzene rings is 2. The largest absolute Gasteiger partial charge is 0.380 e. The highest BCUT2D eigenvalue weighted by Crippen LogP contribution is 2.17. The van der Waals surface area contributed by atoms with E-state index >= 15 is 0 Å². The average Bonchev–Trinajstić information content (AvgIpc) is 2.45. The van der Waals surface area contributed by atoms with Crippen LogP contribution in [0, 0.1) is 11.6 Å². The van der Waals surface area contributed by atoms with Gasteiger partial charge in [0.05, 0.1) is 6.61 Å². The van der Waals surface area contributed by atoms with Crippen molar-refractivity contribution in [3.63, 3.8) is 0 Å². The fourth-order valence-electron chi connectivity index (χ4n) is 2.23. The first-order chi connectivity index (χ1) is 10.1. The minimum absolute atomic E-state index is 0.147. The third-order valence-corrected chi connectivity index (χ3v) is 3.40.